The third kappa shape index (κ3) is 45.6. The van der Waals surface area contributed by atoms with Gasteiger partial charge in [0.05, 0.1) is 13.2 Å². The van der Waals surface area contributed by atoms with E-state index in [0.29, 0.717) is 13.0 Å². The molecule has 0 rings (SSSR count). The molecular formula is C51H86O4. The van der Waals surface area contributed by atoms with Gasteiger partial charge in [0.1, 0.15) is 6.10 Å². The summed E-state index contributed by atoms with van der Waals surface area (Å²) in [7, 11) is 0. The van der Waals surface area contributed by atoms with Crippen molar-refractivity contribution in [2.75, 3.05) is 19.8 Å². The van der Waals surface area contributed by atoms with Crippen molar-refractivity contribution in [1.29, 1.82) is 0 Å². The topological polar surface area (TPSA) is 55.8 Å². The maximum absolute atomic E-state index is 12.2. The van der Waals surface area contributed by atoms with E-state index in [0.717, 1.165) is 83.5 Å². The number of hydrogen-bond acceptors (Lipinski definition) is 4. The molecule has 0 saturated carbocycles. The molecule has 0 aromatic rings. The molecule has 0 spiro atoms. The minimum Gasteiger partial charge on any atom is -0.457 e. The van der Waals surface area contributed by atoms with Crippen LogP contribution in [0.25, 0.3) is 0 Å². The first-order valence-corrected chi connectivity index (χ1v) is 22.8. The normalized spacial score (nSPS) is 13.3. The second-order valence-electron chi connectivity index (χ2n) is 14.7. The summed E-state index contributed by atoms with van der Waals surface area (Å²) >= 11 is 0. The summed E-state index contributed by atoms with van der Waals surface area (Å²) in [5.41, 5.74) is 0. The van der Waals surface area contributed by atoms with Gasteiger partial charge in [-0.05, 0) is 96.3 Å². The summed E-state index contributed by atoms with van der Waals surface area (Å²) < 4.78 is 11.2. The number of rotatable bonds is 41. The van der Waals surface area contributed by atoms with Crippen LogP contribution >= 0.6 is 0 Å². The van der Waals surface area contributed by atoms with Crippen LogP contribution in [0.2, 0.25) is 0 Å². The second kappa shape index (κ2) is 47.5. The Labute approximate surface area is 341 Å². The first kappa shape index (κ1) is 52.3. The SMILES string of the molecule is CC/C=C\C/C=C\C/C=C\C/C=C\C/C=C\CCCCCCCCCC(=O)OC(CO)COCCCCCCCCC/C=C\C/C=C\C/C=C\CCCCC. The molecule has 0 bridgehead atoms. The maximum Gasteiger partial charge on any atom is 0.306 e. The molecule has 1 atom stereocenters. The number of aliphatic hydroxyl groups excluding tert-OH is 1. The average Bonchev–Trinajstić information content (AvgIpc) is 3.19. The molecule has 314 valence electrons. The maximum atomic E-state index is 12.2. The van der Waals surface area contributed by atoms with Crippen LogP contribution in [0.5, 0.6) is 0 Å². The summed E-state index contributed by atoms with van der Waals surface area (Å²) in [5, 5.41) is 9.62. The van der Waals surface area contributed by atoms with E-state index in [1.807, 2.05) is 0 Å². The number of ether oxygens (including phenoxy) is 2. The lowest BCUT2D eigenvalue weighted by Crippen LogP contribution is -2.27. The van der Waals surface area contributed by atoms with E-state index in [-0.39, 0.29) is 19.2 Å². The molecule has 1 N–H and O–H groups in total. The Morgan fingerprint density at radius 1 is 0.455 bits per heavy atom. The highest BCUT2D eigenvalue weighted by molar-refractivity contribution is 5.69. The molecule has 0 aliphatic carbocycles. The van der Waals surface area contributed by atoms with Gasteiger partial charge in [0.2, 0.25) is 0 Å². The Morgan fingerprint density at radius 2 is 0.818 bits per heavy atom. The Kier molecular flexibility index (Phi) is 45.1. The van der Waals surface area contributed by atoms with Crippen molar-refractivity contribution >= 4 is 5.97 Å². The van der Waals surface area contributed by atoms with Crippen molar-refractivity contribution in [3.8, 4) is 0 Å². The average molecular weight is 763 g/mol. The molecule has 1 unspecified atom stereocenters. The molecule has 0 saturated heterocycles. The first-order chi connectivity index (χ1) is 27.2. The lowest BCUT2D eigenvalue weighted by atomic mass is 10.1. The molecule has 0 aromatic carbocycles. The Hall–Kier alpha value is -2.69. The zero-order chi connectivity index (χ0) is 39.8. The highest BCUT2D eigenvalue weighted by Gasteiger charge is 2.13. The van der Waals surface area contributed by atoms with Gasteiger partial charge in [-0.25, -0.2) is 0 Å². The van der Waals surface area contributed by atoms with E-state index in [2.05, 4.69) is 111 Å². The predicted molar refractivity (Wildman–Crippen MR) is 242 cm³/mol. The number of esters is 1. The molecule has 4 nitrogen and oxygen atoms in total. The van der Waals surface area contributed by atoms with Crippen LogP contribution in [0.15, 0.2) is 97.2 Å². The largest absolute Gasteiger partial charge is 0.457 e. The molecular weight excluding hydrogens is 677 g/mol. The Morgan fingerprint density at radius 3 is 1.24 bits per heavy atom. The lowest BCUT2D eigenvalue weighted by molar-refractivity contribution is -0.154. The number of allylic oxidation sites excluding steroid dienone is 16. The van der Waals surface area contributed by atoms with Crippen molar-refractivity contribution < 1.29 is 19.4 Å². The van der Waals surface area contributed by atoms with Gasteiger partial charge >= 0.3 is 5.97 Å². The van der Waals surface area contributed by atoms with Crippen LogP contribution in [0.4, 0.5) is 0 Å². The molecule has 0 aliphatic heterocycles. The van der Waals surface area contributed by atoms with Gasteiger partial charge in [0.15, 0.2) is 0 Å². The summed E-state index contributed by atoms with van der Waals surface area (Å²) in [6.45, 7) is 5.16. The molecule has 0 radical (unpaired) electrons. The summed E-state index contributed by atoms with van der Waals surface area (Å²) in [6.07, 6.45) is 67.5. The van der Waals surface area contributed by atoms with E-state index in [1.54, 1.807) is 0 Å². The van der Waals surface area contributed by atoms with Gasteiger partial charge in [0, 0.05) is 13.0 Å². The fourth-order valence-electron chi connectivity index (χ4n) is 6.01. The van der Waals surface area contributed by atoms with Gasteiger partial charge in [-0.2, -0.15) is 0 Å². The van der Waals surface area contributed by atoms with E-state index in [1.165, 1.54) is 89.9 Å². The van der Waals surface area contributed by atoms with Crippen molar-refractivity contribution in [3.63, 3.8) is 0 Å². The van der Waals surface area contributed by atoms with Crippen LogP contribution < -0.4 is 0 Å². The van der Waals surface area contributed by atoms with E-state index < -0.39 is 6.10 Å². The third-order valence-corrected chi connectivity index (χ3v) is 9.39. The molecule has 0 aromatic heterocycles. The zero-order valence-electron chi connectivity index (χ0n) is 35.9. The van der Waals surface area contributed by atoms with E-state index >= 15 is 0 Å². The predicted octanol–water partition coefficient (Wildman–Crippen LogP) is 15.3. The summed E-state index contributed by atoms with van der Waals surface area (Å²) in [4.78, 5) is 12.2. The first-order valence-electron chi connectivity index (χ1n) is 22.8. The minimum atomic E-state index is -0.553. The summed E-state index contributed by atoms with van der Waals surface area (Å²) in [5.74, 6) is -0.219. The van der Waals surface area contributed by atoms with Gasteiger partial charge in [-0.15, -0.1) is 0 Å². The standard InChI is InChI=1S/C51H86O4/c1-3-5-7-9-11-13-15-17-19-21-23-25-26-27-28-30-32-34-36-38-40-42-44-46-51(53)55-50(48-52)49-54-47-45-43-41-39-37-35-33-31-29-24-22-20-18-16-14-12-10-8-6-4-2/h5,7,11-14,17-20,23-25,27-29,50,52H,3-4,6,8-10,15-16,21-22,26,30-49H2,1-2H3/b7-5-,13-11-,14-12-,19-17-,20-18-,25-23-,28-27-,29-24-. The van der Waals surface area contributed by atoms with Crippen LogP contribution in [-0.2, 0) is 14.3 Å². The number of carbonyl (C=O) groups is 1. The number of unbranched alkanes of at least 4 members (excludes halogenated alkanes) is 17. The van der Waals surface area contributed by atoms with E-state index in [9.17, 15) is 9.90 Å². The van der Waals surface area contributed by atoms with Gasteiger partial charge in [-0.1, -0.05) is 188 Å². The number of aliphatic hydroxyl groups is 1. The lowest BCUT2D eigenvalue weighted by Gasteiger charge is -2.15. The smallest absolute Gasteiger partial charge is 0.306 e. The van der Waals surface area contributed by atoms with E-state index in [4.69, 9.17) is 9.47 Å². The monoisotopic (exact) mass is 763 g/mol. The van der Waals surface area contributed by atoms with Crippen LogP contribution in [0.1, 0.15) is 194 Å². The van der Waals surface area contributed by atoms with Crippen molar-refractivity contribution in [2.24, 2.45) is 0 Å². The molecule has 0 amide bonds. The van der Waals surface area contributed by atoms with Gasteiger partial charge in [-0.3, -0.25) is 4.79 Å². The minimum absolute atomic E-state index is 0.186. The van der Waals surface area contributed by atoms with Gasteiger partial charge in [0.25, 0.3) is 0 Å². The Bertz CT molecular complexity index is 1030. The summed E-state index contributed by atoms with van der Waals surface area (Å²) in [6, 6.07) is 0. The fraction of sp³-hybridized carbons (Fsp3) is 0.667. The van der Waals surface area contributed by atoms with Crippen molar-refractivity contribution in [3.05, 3.63) is 97.2 Å². The molecule has 0 fully saturated rings. The molecule has 0 aliphatic rings. The fourth-order valence-corrected chi connectivity index (χ4v) is 6.01. The Balaban J connectivity index is 3.52. The highest BCUT2D eigenvalue weighted by Crippen LogP contribution is 2.12. The molecule has 55 heavy (non-hydrogen) atoms. The quantitative estimate of drug-likeness (QED) is 0.0383. The van der Waals surface area contributed by atoms with Crippen molar-refractivity contribution in [1.82, 2.24) is 0 Å². The molecule has 4 heteroatoms. The van der Waals surface area contributed by atoms with Gasteiger partial charge < -0.3 is 14.6 Å². The molecule has 0 heterocycles. The van der Waals surface area contributed by atoms with Crippen LogP contribution in [0, 0.1) is 0 Å². The third-order valence-electron chi connectivity index (χ3n) is 9.39. The van der Waals surface area contributed by atoms with Crippen LogP contribution in [-0.4, -0.2) is 37.0 Å². The zero-order valence-corrected chi connectivity index (χ0v) is 35.9. The van der Waals surface area contributed by atoms with Crippen molar-refractivity contribution in [2.45, 2.75) is 200 Å². The number of hydrogen-bond donors (Lipinski definition) is 1. The number of carbonyl (C=O) groups excluding carboxylic acids is 1. The highest BCUT2D eigenvalue weighted by atomic mass is 16.6. The second-order valence-corrected chi connectivity index (χ2v) is 14.7. The van der Waals surface area contributed by atoms with Crippen LogP contribution in [0.3, 0.4) is 0 Å².